The standard InChI is InChI=1S/C18H28N2O/c1-4-12(3)18(21)20-17-8-6-7-13-9-10-14(11-15(13)17)16(19)5-2/h9-12,16-17H,4-8,19H2,1-3H3,(H,20,21). The molecule has 0 bridgehead atoms. The van der Waals surface area contributed by atoms with Gasteiger partial charge in [-0.15, -0.1) is 0 Å². The van der Waals surface area contributed by atoms with Crippen LogP contribution in [0.5, 0.6) is 0 Å². The second-order valence-electron chi connectivity index (χ2n) is 6.24. The number of amides is 1. The molecule has 0 heterocycles. The number of aryl methyl sites for hydroxylation is 1. The van der Waals surface area contributed by atoms with Gasteiger partial charge in [-0.25, -0.2) is 0 Å². The molecule has 0 radical (unpaired) electrons. The zero-order chi connectivity index (χ0) is 15.4. The van der Waals surface area contributed by atoms with E-state index in [1.165, 1.54) is 16.7 Å². The predicted octanol–water partition coefficient (Wildman–Crippen LogP) is 3.64. The molecule has 0 fully saturated rings. The molecular formula is C18H28N2O. The van der Waals surface area contributed by atoms with Gasteiger partial charge in [0.2, 0.25) is 5.91 Å². The third kappa shape index (κ3) is 3.65. The minimum Gasteiger partial charge on any atom is -0.349 e. The summed E-state index contributed by atoms with van der Waals surface area (Å²) in [5, 5.41) is 3.23. The zero-order valence-electron chi connectivity index (χ0n) is 13.5. The Morgan fingerprint density at radius 3 is 2.81 bits per heavy atom. The van der Waals surface area contributed by atoms with Gasteiger partial charge in [0.1, 0.15) is 0 Å². The van der Waals surface area contributed by atoms with Gasteiger partial charge in [0, 0.05) is 12.0 Å². The average Bonchev–Trinajstić information content (AvgIpc) is 2.53. The van der Waals surface area contributed by atoms with Gasteiger partial charge in [0.25, 0.3) is 0 Å². The molecule has 0 spiro atoms. The Morgan fingerprint density at radius 2 is 2.14 bits per heavy atom. The van der Waals surface area contributed by atoms with Crippen LogP contribution in [0.4, 0.5) is 0 Å². The topological polar surface area (TPSA) is 55.1 Å². The summed E-state index contributed by atoms with van der Waals surface area (Å²) in [7, 11) is 0. The van der Waals surface area contributed by atoms with E-state index in [1.807, 2.05) is 6.92 Å². The van der Waals surface area contributed by atoms with Gasteiger partial charge in [-0.1, -0.05) is 39.0 Å². The maximum absolute atomic E-state index is 12.2. The summed E-state index contributed by atoms with van der Waals surface area (Å²) in [4.78, 5) is 12.2. The van der Waals surface area contributed by atoms with E-state index >= 15 is 0 Å². The van der Waals surface area contributed by atoms with E-state index in [0.717, 1.165) is 32.1 Å². The molecule has 3 atom stereocenters. The molecule has 2 rings (SSSR count). The molecule has 1 aliphatic rings. The highest BCUT2D eigenvalue weighted by molar-refractivity contribution is 5.78. The van der Waals surface area contributed by atoms with Crippen LogP contribution >= 0.6 is 0 Å². The molecule has 1 aromatic carbocycles. The second-order valence-corrected chi connectivity index (χ2v) is 6.24. The van der Waals surface area contributed by atoms with Crippen molar-refractivity contribution < 1.29 is 4.79 Å². The number of benzene rings is 1. The molecule has 3 N–H and O–H groups in total. The molecule has 0 aliphatic heterocycles. The van der Waals surface area contributed by atoms with Crippen molar-refractivity contribution in [3.8, 4) is 0 Å². The summed E-state index contributed by atoms with van der Waals surface area (Å²) in [6.45, 7) is 6.15. The Kier molecular flexibility index (Phi) is 5.40. The Hall–Kier alpha value is -1.35. The smallest absolute Gasteiger partial charge is 0.223 e. The van der Waals surface area contributed by atoms with Crippen LogP contribution in [-0.2, 0) is 11.2 Å². The van der Waals surface area contributed by atoms with Crippen molar-refractivity contribution in [2.45, 2.75) is 65.0 Å². The first-order valence-electron chi connectivity index (χ1n) is 8.25. The maximum Gasteiger partial charge on any atom is 0.223 e. The average molecular weight is 288 g/mol. The first-order valence-corrected chi connectivity index (χ1v) is 8.25. The first kappa shape index (κ1) is 16.0. The van der Waals surface area contributed by atoms with E-state index < -0.39 is 0 Å². The van der Waals surface area contributed by atoms with Gasteiger partial charge in [-0.2, -0.15) is 0 Å². The molecule has 3 nitrogen and oxygen atoms in total. The van der Waals surface area contributed by atoms with E-state index in [1.54, 1.807) is 0 Å². The van der Waals surface area contributed by atoms with E-state index in [-0.39, 0.29) is 23.9 Å². The van der Waals surface area contributed by atoms with Gasteiger partial charge in [0.15, 0.2) is 0 Å². The van der Waals surface area contributed by atoms with Crippen LogP contribution in [0.25, 0.3) is 0 Å². The Labute approximate surface area is 128 Å². The highest BCUT2D eigenvalue weighted by atomic mass is 16.1. The van der Waals surface area contributed by atoms with Gasteiger partial charge in [0.05, 0.1) is 6.04 Å². The molecule has 0 saturated carbocycles. The lowest BCUT2D eigenvalue weighted by molar-refractivity contribution is -0.125. The Morgan fingerprint density at radius 1 is 1.38 bits per heavy atom. The summed E-state index contributed by atoms with van der Waals surface area (Å²) in [6, 6.07) is 6.79. The molecule has 116 valence electrons. The Balaban J connectivity index is 2.22. The van der Waals surface area contributed by atoms with Crippen molar-refractivity contribution in [2.24, 2.45) is 11.7 Å². The quantitative estimate of drug-likeness (QED) is 0.869. The maximum atomic E-state index is 12.2. The van der Waals surface area contributed by atoms with Crippen LogP contribution in [0.1, 0.15) is 75.2 Å². The predicted molar refractivity (Wildman–Crippen MR) is 86.9 cm³/mol. The molecular weight excluding hydrogens is 260 g/mol. The SMILES string of the molecule is CCC(C)C(=O)NC1CCCc2ccc(C(N)CC)cc21. The summed E-state index contributed by atoms with van der Waals surface area (Å²) >= 11 is 0. The fraction of sp³-hybridized carbons (Fsp3) is 0.611. The fourth-order valence-corrected chi connectivity index (χ4v) is 2.93. The van der Waals surface area contributed by atoms with E-state index in [2.05, 4.69) is 37.4 Å². The minimum atomic E-state index is 0.0801. The third-order valence-corrected chi connectivity index (χ3v) is 4.73. The number of carbonyl (C=O) groups excluding carboxylic acids is 1. The van der Waals surface area contributed by atoms with Crippen LogP contribution in [-0.4, -0.2) is 5.91 Å². The van der Waals surface area contributed by atoms with Crippen molar-refractivity contribution in [1.29, 1.82) is 0 Å². The summed E-state index contributed by atoms with van der Waals surface area (Å²) in [6.07, 6.45) is 5.08. The molecule has 3 heteroatoms. The number of hydrogen-bond donors (Lipinski definition) is 2. The van der Waals surface area contributed by atoms with Crippen LogP contribution in [0, 0.1) is 5.92 Å². The lowest BCUT2D eigenvalue weighted by atomic mass is 9.85. The lowest BCUT2D eigenvalue weighted by Gasteiger charge is -2.28. The van der Waals surface area contributed by atoms with Crippen LogP contribution in [0.15, 0.2) is 18.2 Å². The molecule has 1 aromatic rings. The normalized spacial score (nSPS) is 20.5. The van der Waals surface area contributed by atoms with Crippen molar-refractivity contribution in [3.05, 3.63) is 34.9 Å². The highest BCUT2D eigenvalue weighted by Gasteiger charge is 2.24. The molecule has 1 amide bonds. The highest BCUT2D eigenvalue weighted by Crippen LogP contribution is 2.32. The number of hydrogen-bond acceptors (Lipinski definition) is 2. The number of nitrogens with two attached hydrogens (primary N) is 1. The minimum absolute atomic E-state index is 0.0801. The summed E-state index contributed by atoms with van der Waals surface area (Å²) in [5.74, 6) is 0.247. The molecule has 0 aromatic heterocycles. The summed E-state index contributed by atoms with van der Waals surface area (Å²) in [5.41, 5.74) is 9.98. The molecule has 0 saturated heterocycles. The fourth-order valence-electron chi connectivity index (χ4n) is 2.93. The van der Waals surface area contributed by atoms with E-state index in [0.29, 0.717) is 0 Å². The van der Waals surface area contributed by atoms with Crippen molar-refractivity contribution in [2.75, 3.05) is 0 Å². The van der Waals surface area contributed by atoms with Crippen LogP contribution in [0.3, 0.4) is 0 Å². The molecule has 1 aliphatic carbocycles. The van der Waals surface area contributed by atoms with Crippen LogP contribution in [0.2, 0.25) is 0 Å². The number of fused-ring (bicyclic) bond motifs is 1. The van der Waals surface area contributed by atoms with Crippen LogP contribution < -0.4 is 11.1 Å². The number of rotatable bonds is 5. The van der Waals surface area contributed by atoms with Crippen molar-refractivity contribution >= 4 is 5.91 Å². The molecule has 21 heavy (non-hydrogen) atoms. The van der Waals surface area contributed by atoms with Gasteiger partial charge >= 0.3 is 0 Å². The second kappa shape index (κ2) is 7.08. The largest absolute Gasteiger partial charge is 0.349 e. The Bertz CT molecular complexity index is 498. The number of nitrogens with one attached hydrogen (secondary N) is 1. The van der Waals surface area contributed by atoms with Gasteiger partial charge < -0.3 is 11.1 Å². The zero-order valence-corrected chi connectivity index (χ0v) is 13.5. The van der Waals surface area contributed by atoms with Gasteiger partial charge in [-0.05, 0) is 48.8 Å². The van der Waals surface area contributed by atoms with Gasteiger partial charge in [-0.3, -0.25) is 4.79 Å². The lowest BCUT2D eigenvalue weighted by Crippen LogP contribution is -2.34. The molecule has 3 unspecified atom stereocenters. The number of carbonyl (C=O) groups is 1. The third-order valence-electron chi connectivity index (χ3n) is 4.73. The summed E-state index contributed by atoms with van der Waals surface area (Å²) < 4.78 is 0. The van der Waals surface area contributed by atoms with E-state index in [4.69, 9.17) is 5.73 Å². The van der Waals surface area contributed by atoms with Crippen molar-refractivity contribution in [1.82, 2.24) is 5.32 Å². The van der Waals surface area contributed by atoms with Crippen molar-refractivity contribution in [3.63, 3.8) is 0 Å². The first-order chi connectivity index (χ1) is 10.1. The monoisotopic (exact) mass is 288 g/mol. The van der Waals surface area contributed by atoms with E-state index in [9.17, 15) is 4.79 Å².